The summed E-state index contributed by atoms with van der Waals surface area (Å²) in [4.78, 5) is 41.1. The highest BCUT2D eigenvalue weighted by Crippen LogP contribution is 2.51. The highest BCUT2D eigenvalue weighted by atomic mass is 16.5. The largest absolute Gasteiger partial charge is 0.493 e. The fraction of sp³-hybridized carbons (Fsp3) is 0.559. The molecule has 10 heteroatoms. The molecule has 3 aliphatic rings. The van der Waals surface area contributed by atoms with Crippen molar-refractivity contribution >= 4 is 23.5 Å². The highest BCUT2D eigenvalue weighted by molar-refractivity contribution is 6.02. The van der Waals surface area contributed by atoms with Crippen LogP contribution in [-0.2, 0) is 19.1 Å². The van der Waals surface area contributed by atoms with E-state index in [0.29, 0.717) is 54.5 Å². The molecule has 2 aromatic carbocycles. The van der Waals surface area contributed by atoms with E-state index in [1.165, 1.54) is 0 Å². The quantitative estimate of drug-likeness (QED) is 0.428. The molecule has 0 aromatic heterocycles. The van der Waals surface area contributed by atoms with Crippen LogP contribution in [0, 0.1) is 24.2 Å². The maximum Gasteiger partial charge on any atom is 0.306 e. The van der Waals surface area contributed by atoms with Gasteiger partial charge in [0.05, 0.1) is 38.3 Å². The standard InChI is InChI=1S/C34H44N2O8/c1-19-14-23-29-25(15-19)43-18-27(34(2,3)4)36(29)32(38)26(44-30(23)22-8-7-9-24(41-5)31(22)42-6)16-28(37)35-17-20-10-12-21(13-11-20)33(39)40/h7-9,14-15,20-21,26-27,30H,10-13,16-18H2,1-6H3,(H,35,37)(H,39,40)/t20?,21?,26-,27+,30-/m1/s1. The molecule has 44 heavy (non-hydrogen) atoms. The number of carboxylic acid groups (broad SMARTS) is 1. The number of carbonyl (C=O) groups is 3. The molecule has 238 valence electrons. The van der Waals surface area contributed by atoms with Crippen molar-refractivity contribution in [2.45, 2.75) is 78.0 Å². The molecule has 2 N–H and O–H groups in total. The van der Waals surface area contributed by atoms with Crippen molar-refractivity contribution in [2.24, 2.45) is 17.3 Å². The summed E-state index contributed by atoms with van der Waals surface area (Å²) in [7, 11) is 3.13. The van der Waals surface area contributed by atoms with E-state index in [-0.39, 0.29) is 41.5 Å². The van der Waals surface area contributed by atoms with E-state index < -0.39 is 18.2 Å². The minimum Gasteiger partial charge on any atom is -0.493 e. The Hall–Kier alpha value is -3.79. The summed E-state index contributed by atoms with van der Waals surface area (Å²) in [5, 5.41) is 12.3. The molecule has 0 saturated heterocycles. The zero-order valence-corrected chi connectivity index (χ0v) is 26.5. The smallest absolute Gasteiger partial charge is 0.306 e. The number of methoxy groups -OCH3 is 2. The Morgan fingerprint density at radius 3 is 2.43 bits per heavy atom. The molecule has 5 rings (SSSR count). The van der Waals surface area contributed by atoms with E-state index in [1.54, 1.807) is 25.2 Å². The number of hydrogen-bond acceptors (Lipinski definition) is 7. The molecule has 0 unspecified atom stereocenters. The summed E-state index contributed by atoms with van der Waals surface area (Å²) in [5.74, 6) is 0.168. The number of nitrogens with zero attached hydrogens (tertiary/aromatic N) is 1. The zero-order valence-electron chi connectivity index (χ0n) is 26.5. The fourth-order valence-electron chi connectivity index (χ4n) is 6.70. The van der Waals surface area contributed by atoms with Gasteiger partial charge >= 0.3 is 5.97 Å². The third kappa shape index (κ3) is 6.22. The molecule has 0 radical (unpaired) electrons. The van der Waals surface area contributed by atoms with Gasteiger partial charge < -0.3 is 29.4 Å². The predicted molar refractivity (Wildman–Crippen MR) is 164 cm³/mol. The first kappa shape index (κ1) is 31.6. The Kier molecular flexibility index (Phi) is 9.11. The van der Waals surface area contributed by atoms with Gasteiger partial charge in [-0.15, -0.1) is 0 Å². The number of benzene rings is 2. The fourth-order valence-corrected chi connectivity index (χ4v) is 6.70. The van der Waals surface area contributed by atoms with Crippen molar-refractivity contribution in [3.05, 3.63) is 47.0 Å². The van der Waals surface area contributed by atoms with Gasteiger partial charge in [0.1, 0.15) is 24.6 Å². The van der Waals surface area contributed by atoms with E-state index >= 15 is 0 Å². The summed E-state index contributed by atoms with van der Waals surface area (Å²) in [5.41, 5.74) is 2.70. The first-order chi connectivity index (χ1) is 20.9. The van der Waals surface area contributed by atoms with Crippen molar-refractivity contribution in [2.75, 3.05) is 32.3 Å². The van der Waals surface area contributed by atoms with Crippen molar-refractivity contribution in [3.63, 3.8) is 0 Å². The van der Waals surface area contributed by atoms with Crippen molar-refractivity contribution in [1.82, 2.24) is 5.32 Å². The summed E-state index contributed by atoms with van der Waals surface area (Å²) in [6.45, 7) is 8.94. The van der Waals surface area contributed by atoms with Gasteiger partial charge in [-0.1, -0.05) is 39.0 Å². The third-order valence-corrected chi connectivity index (χ3v) is 9.16. The van der Waals surface area contributed by atoms with Crippen molar-refractivity contribution < 1.29 is 38.4 Å². The zero-order chi connectivity index (χ0) is 31.8. The molecule has 0 bridgehead atoms. The minimum absolute atomic E-state index is 0.164. The summed E-state index contributed by atoms with van der Waals surface area (Å²) >= 11 is 0. The lowest BCUT2D eigenvalue weighted by Crippen LogP contribution is -2.56. The number of aliphatic carboxylic acids is 1. The van der Waals surface area contributed by atoms with Crippen LogP contribution in [0.15, 0.2) is 30.3 Å². The molecule has 10 nitrogen and oxygen atoms in total. The van der Waals surface area contributed by atoms with E-state index in [9.17, 15) is 19.5 Å². The second-order valence-electron chi connectivity index (χ2n) is 13.3. The molecular formula is C34H44N2O8. The Labute approximate surface area is 259 Å². The molecule has 1 fully saturated rings. The third-order valence-electron chi connectivity index (χ3n) is 9.16. The number of aryl methyl sites for hydroxylation is 1. The van der Waals surface area contributed by atoms with Crippen LogP contribution in [0.4, 0.5) is 5.69 Å². The van der Waals surface area contributed by atoms with E-state index in [2.05, 4.69) is 26.1 Å². The lowest BCUT2D eigenvalue weighted by atomic mass is 9.82. The normalized spacial score (nSPS) is 24.9. The average Bonchev–Trinajstić information content (AvgIpc) is 3.10. The lowest BCUT2D eigenvalue weighted by molar-refractivity contribution is -0.143. The summed E-state index contributed by atoms with van der Waals surface area (Å²) in [6.07, 6.45) is 0.697. The maximum atomic E-state index is 14.5. The first-order valence-electron chi connectivity index (χ1n) is 15.4. The van der Waals surface area contributed by atoms with E-state index in [0.717, 1.165) is 24.0 Å². The van der Waals surface area contributed by atoms with Crippen LogP contribution in [0.2, 0.25) is 0 Å². The summed E-state index contributed by atoms with van der Waals surface area (Å²) < 4.78 is 24.4. The lowest BCUT2D eigenvalue weighted by Gasteiger charge is -2.44. The van der Waals surface area contributed by atoms with Crippen LogP contribution >= 0.6 is 0 Å². The van der Waals surface area contributed by atoms with Gasteiger partial charge in [0.15, 0.2) is 11.5 Å². The molecule has 0 spiro atoms. The van der Waals surface area contributed by atoms with Crippen LogP contribution in [0.1, 0.15) is 75.7 Å². The van der Waals surface area contributed by atoms with Gasteiger partial charge in [0, 0.05) is 17.7 Å². The number of anilines is 1. The number of amides is 2. The number of nitrogens with one attached hydrogen (secondary N) is 1. The van der Waals surface area contributed by atoms with Crippen molar-refractivity contribution in [3.8, 4) is 17.2 Å². The Morgan fingerprint density at radius 2 is 1.80 bits per heavy atom. The average molecular weight is 609 g/mol. The summed E-state index contributed by atoms with van der Waals surface area (Å²) in [6, 6.07) is 9.18. The van der Waals surface area contributed by atoms with Crippen LogP contribution in [0.5, 0.6) is 17.2 Å². The molecule has 2 aliphatic heterocycles. The van der Waals surface area contributed by atoms with Gasteiger partial charge in [-0.3, -0.25) is 19.3 Å². The van der Waals surface area contributed by atoms with Gasteiger partial charge in [0.25, 0.3) is 5.91 Å². The maximum absolute atomic E-state index is 14.5. The number of para-hydroxylation sites is 1. The molecular weight excluding hydrogens is 564 g/mol. The van der Waals surface area contributed by atoms with Crippen LogP contribution in [-0.4, -0.2) is 62.4 Å². The second-order valence-corrected chi connectivity index (χ2v) is 13.3. The molecule has 1 saturated carbocycles. The molecule has 1 aliphatic carbocycles. The number of carboxylic acids is 1. The van der Waals surface area contributed by atoms with E-state index in [4.69, 9.17) is 18.9 Å². The number of hydrogen-bond donors (Lipinski definition) is 2. The molecule has 2 amide bonds. The van der Waals surface area contributed by atoms with E-state index in [1.807, 2.05) is 31.2 Å². The number of rotatable bonds is 8. The topological polar surface area (TPSA) is 124 Å². The highest BCUT2D eigenvalue weighted by Gasteiger charge is 2.47. The predicted octanol–water partition coefficient (Wildman–Crippen LogP) is 5.04. The molecule has 2 aromatic rings. The van der Waals surface area contributed by atoms with Gasteiger partial charge in [-0.05, 0) is 61.6 Å². The molecule has 2 heterocycles. The Bertz CT molecular complexity index is 1410. The monoisotopic (exact) mass is 608 g/mol. The molecule has 3 atom stereocenters. The SMILES string of the molecule is COc1cccc([C@H]2O[C@H](CC(=O)NCC3CCC(C(=O)O)CC3)C(=O)N3c4c(cc(C)cc42)OC[C@H]3C(C)(C)C)c1OC. The minimum atomic E-state index is -1.08. The van der Waals surface area contributed by atoms with Gasteiger partial charge in [0.2, 0.25) is 5.91 Å². The number of carbonyl (C=O) groups excluding carboxylic acids is 2. The van der Waals surface area contributed by atoms with Crippen LogP contribution in [0.25, 0.3) is 0 Å². The van der Waals surface area contributed by atoms with Crippen molar-refractivity contribution in [1.29, 1.82) is 0 Å². The Balaban J connectivity index is 1.50. The Morgan fingerprint density at radius 1 is 1.07 bits per heavy atom. The second kappa shape index (κ2) is 12.7. The first-order valence-corrected chi connectivity index (χ1v) is 15.4. The van der Waals surface area contributed by atoms with Crippen LogP contribution < -0.4 is 24.4 Å². The number of ether oxygens (including phenoxy) is 4. The van der Waals surface area contributed by atoms with Gasteiger partial charge in [-0.25, -0.2) is 0 Å². The van der Waals surface area contributed by atoms with Gasteiger partial charge in [-0.2, -0.15) is 0 Å². The van der Waals surface area contributed by atoms with Crippen LogP contribution in [0.3, 0.4) is 0 Å².